The molecule has 1 aromatic heterocycles. The molecule has 1 rings (SSSR count). The second-order valence-corrected chi connectivity index (χ2v) is 3.99. The highest BCUT2D eigenvalue weighted by Crippen LogP contribution is 2.18. The average molecular weight is 314 g/mol. The molecule has 1 aromatic rings. The average Bonchev–Trinajstić information content (AvgIpc) is 2.33. The molecule has 0 aliphatic carbocycles. The summed E-state index contributed by atoms with van der Waals surface area (Å²) < 4.78 is 41.3. The summed E-state index contributed by atoms with van der Waals surface area (Å²) in [7, 11) is 0. The molecule has 0 aliphatic heterocycles. The van der Waals surface area contributed by atoms with Gasteiger partial charge in [-0.05, 0) is 6.92 Å². The zero-order valence-electron chi connectivity index (χ0n) is 10.3. The van der Waals surface area contributed by atoms with E-state index in [1.165, 1.54) is 0 Å². The molecule has 0 atom stereocenters. The van der Waals surface area contributed by atoms with Crippen molar-refractivity contribution in [1.82, 2.24) is 9.78 Å². The highest BCUT2D eigenvalue weighted by atomic mass is 35.5. The third kappa shape index (κ3) is 4.72. The molecule has 0 radical (unpaired) electrons. The van der Waals surface area contributed by atoms with E-state index in [1.807, 2.05) is 0 Å². The van der Waals surface area contributed by atoms with Crippen molar-refractivity contribution in [2.75, 3.05) is 18.5 Å². The van der Waals surface area contributed by atoms with Gasteiger partial charge in [0.1, 0.15) is 18.1 Å². The largest absolute Gasteiger partial charge is 0.465 e. The number of ether oxygens (including phenoxy) is 1. The second-order valence-electron chi connectivity index (χ2n) is 3.61. The first-order valence-corrected chi connectivity index (χ1v) is 5.84. The summed E-state index contributed by atoms with van der Waals surface area (Å²) in [6.45, 7) is -0.0217. The first-order chi connectivity index (χ1) is 9.24. The maximum Gasteiger partial charge on any atom is 0.408 e. The van der Waals surface area contributed by atoms with Crippen LogP contribution in [0.4, 0.5) is 18.9 Å². The molecule has 0 saturated carbocycles. The Bertz CT molecular complexity index is 545. The van der Waals surface area contributed by atoms with E-state index < -0.39 is 29.3 Å². The normalized spacial score (nSPS) is 11.2. The van der Waals surface area contributed by atoms with Crippen LogP contribution in [0.15, 0.2) is 11.0 Å². The summed E-state index contributed by atoms with van der Waals surface area (Å²) in [6.07, 6.45) is -3.64. The molecule has 6 nitrogen and oxygen atoms in total. The summed E-state index contributed by atoms with van der Waals surface area (Å²) in [5.74, 6) is -0.594. The van der Waals surface area contributed by atoms with Crippen LogP contribution < -0.4 is 10.9 Å². The summed E-state index contributed by atoms with van der Waals surface area (Å²) in [5, 5.41) is 5.32. The molecule has 0 amide bonds. The molecule has 0 bridgehead atoms. The number of esters is 1. The lowest BCUT2D eigenvalue weighted by atomic mass is 10.4. The molecule has 0 unspecified atom stereocenters. The van der Waals surface area contributed by atoms with E-state index in [1.54, 1.807) is 6.92 Å². The highest BCUT2D eigenvalue weighted by molar-refractivity contribution is 6.33. The van der Waals surface area contributed by atoms with Gasteiger partial charge in [0.2, 0.25) is 0 Å². The lowest BCUT2D eigenvalue weighted by Gasteiger charge is -2.11. The van der Waals surface area contributed by atoms with Crippen molar-refractivity contribution in [2.24, 2.45) is 0 Å². The molecule has 0 spiro atoms. The molecule has 112 valence electrons. The number of hydrogen-bond acceptors (Lipinski definition) is 5. The smallest absolute Gasteiger partial charge is 0.408 e. The van der Waals surface area contributed by atoms with Gasteiger partial charge in [-0.3, -0.25) is 9.59 Å². The fraction of sp³-hybridized carbons (Fsp3) is 0.500. The Kier molecular flexibility index (Phi) is 5.37. The number of carbonyl (C=O) groups is 1. The number of alkyl halides is 3. The minimum absolute atomic E-state index is 0.0388. The molecule has 0 aliphatic rings. The van der Waals surface area contributed by atoms with Gasteiger partial charge in [-0.25, -0.2) is 4.68 Å². The van der Waals surface area contributed by atoms with Crippen molar-refractivity contribution in [1.29, 1.82) is 0 Å². The maximum absolute atomic E-state index is 12.2. The number of nitrogens with one attached hydrogen (secondary N) is 1. The van der Waals surface area contributed by atoms with Crippen molar-refractivity contribution in [2.45, 2.75) is 19.6 Å². The van der Waals surface area contributed by atoms with Crippen LogP contribution in [0, 0.1) is 0 Å². The number of aromatic nitrogens is 2. The summed E-state index contributed by atoms with van der Waals surface area (Å²) >= 11 is 5.63. The monoisotopic (exact) mass is 313 g/mol. The van der Waals surface area contributed by atoms with Crippen LogP contribution in [0.25, 0.3) is 0 Å². The first kappa shape index (κ1) is 16.3. The summed E-state index contributed by atoms with van der Waals surface area (Å²) in [4.78, 5) is 22.6. The topological polar surface area (TPSA) is 73.2 Å². The van der Waals surface area contributed by atoms with Crippen molar-refractivity contribution in [3.05, 3.63) is 21.6 Å². The van der Waals surface area contributed by atoms with Gasteiger partial charge in [0.25, 0.3) is 5.56 Å². The quantitative estimate of drug-likeness (QED) is 0.833. The van der Waals surface area contributed by atoms with Crippen LogP contribution in [0.3, 0.4) is 0 Å². The minimum atomic E-state index is -4.58. The summed E-state index contributed by atoms with van der Waals surface area (Å²) in [6, 6.07) is 0. The van der Waals surface area contributed by atoms with Gasteiger partial charge in [-0.15, -0.1) is 0 Å². The van der Waals surface area contributed by atoms with Gasteiger partial charge in [-0.1, -0.05) is 11.6 Å². The van der Waals surface area contributed by atoms with Gasteiger partial charge in [0.15, 0.2) is 0 Å². The Morgan fingerprint density at radius 2 is 2.20 bits per heavy atom. The number of rotatable bonds is 5. The fourth-order valence-electron chi connectivity index (χ4n) is 1.25. The molecular formula is C10H11ClF3N3O3. The van der Waals surface area contributed by atoms with E-state index in [0.717, 1.165) is 6.20 Å². The number of carbonyl (C=O) groups excluding carboxylic acids is 1. The van der Waals surface area contributed by atoms with Gasteiger partial charge >= 0.3 is 12.1 Å². The molecule has 0 aromatic carbocycles. The standard InChI is InChI=1S/C10H11ClF3N3O3/c1-2-20-7(18)4-15-6-3-16-17(5-10(12,13)14)9(19)8(6)11/h3,15H,2,4-5H2,1H3. The van der Waals surface area contributed by atoms with Gasteiger partial charge < -0.3 is 10.1 Å². The number of anilines is 1. The third-order valence-electron chi connectivity index (χ3n) is 2.04. The van der Waals surface area contributed by atoms with E-state index in [2.05, 4.69) is 15.2 Å². The second kappa shape index (κ2) is 6.60. The molecular weight excluding hydrogens is 303 g/mol. The third-order valence-corrected chi connectivity index (χ3v) is 2.41. The van der Waals surface area contributed by atoms with Gasteiger partial charge in [0, 0.05) is 0 Å². The Morgan fingerprint density at radius 1 is 1.55 bits per heavy atom. The number of halogens is 4. The predicted molar refractivity (Wildman–Crippen MR) is 64.7 cm³/mol. The molecule has 20 heavy (non-hydrogen) atoms. The van der Waals surface area contributed by atoms with Crippen LogP contribution in [0.5, 0.6) is 0 Å². The Hall–Kier alpha value is -1.77. The molecule has 0 fully saturated rings. The Balaban J connectivity index is 2.84. The molecule has 1 heterocycles. The molecule has 0 saturated heterocycles. The van der Waals surface area contributed by atoms with Gasteiger partial charge in [-0.2, -0.15) is 18.3 Å². The lowest BCUT2D eigenvalue weighted by molar-refractivity contribution is -0.143. The van der Waals surface area contributed by atoms with E-state index in [-0.39, 0.29) is 23.5 Å². The maximum atomic E-state index is 12.2. The van der Waals surface area contributed by atoms with Crippen LogP contribution in [0.1, 0.15) is 6.92 Å². The first-order valence-electron chi connectivity index (χ1n) is 5.46. The SMILES string of the molecule is CCOC(=O)CNc1cnn(CC(F)(F)F)c(=O)c1Cl. The Labute approximate surface area is 116 Å². The number of nitrogens with zero attached hydrogens (tertiary/aromatic N) is 2. The lowest BCUT2D eigenvalue weighted by Crippen LogP contribution is -2.31. The van der Waals surface area contributed by atoms with Crippen LogP contribution in [0.2, 0.25) is 5.02 Å². The van der Waals surface area contributed by atoms with E-state index >= 15 is 0 Å². The Morgan fingerprint density at radius 3 is 2.75 bits per heavy atom. The van der Waals surface area contributed by atoms with Crippen LogP contribution in [-0.2, 0) is 16.1 Å². The van der Waals surface area contributed by atoms with Crippen molar-refractivity contribution in [3.63, 3.8) is 0 Å². The molecule has 1 N–H and O–H groups in total. The highest BCUT2D eigenvalue weighted by Gasteiger charge is 2.29. The minimum Gasteiger partial charge on any atom is -0.465 e. The number of hydrogen-bond donors (Lipinski definition) is 1. The van der Waals surface area contributed by atoms with Crippen LogP contribution >= 0.6 is 11.6 Å². The van der Waals surface area contributed by atoms with E-state index in [0.29, 0.717) is 0 Å². The zero-order valence-corrected chi connectivity index (χ0v) is 11.1. The van der Waals surface area contributed by atoms with Crippen molar-refractivity contribution < 1.29 is 22.7 Å². The van der Waals surface area contributed by atoms with Crippen molar-refractivity contribution >= 4 is 23.3 Å². The predicted octanol–water partition coefficient (Wildman–Crippen LogP) is 1.43. The zero-order chi connectivity index (χ0) is 15.3. The fourth-order valence-corrected chi connectivity index (χ4v) is 1.46. The molecule has 10 heteroatoms. The van der Waals surface area contributed by atoms with E-state index in [4.69, 9.17) is 11.6 Å². The van der Waals surface area contributed by atoms with Gasteiger partial charge in [0.05, 0.1) is 18.5 Å². The van der Waals surface area contributed by atoms with E-state index in [9.17, 15) is 22.8 Å². The van der Waals surface area contributed by atoms with Crippen molar-refractivity contribution in [3.8, 4) is 0 Å². The summed E-state index contributed by atoms with van der Waals surface area (Å²) in [5.41, 5.74) is -1.14. The van der Waals surface area contributed by atoms with Crippen LogP contribution in [-0.4, -0.2) is 35.1 Å².